The van der Waals surface area contributed by atoms with Gasteiger partial charge in [0, 0.05) is 26.2 Å². The van der Waals surface area contributed by atoms with E-state index in [4.69, 9.17) is 4.74 Å². The molecule has 0 amide bonds. The standard InChI is InChI=1S/C14H30N2O/c1-4-5-6-8-15-10-13(2)16-9-7-14(11-16)12-17-3/h13-15H,4-12H2,1-3H3. The lowest BCUT2D eigenvalue weighted by Gasteiger charge is -2.24. The van der Waals surface area contributed by atoms with Gasteiger partial charge in [0.05, 0.1) is 6.61 Å². The van der Waals surface area contributed by atoms with E-state index < -0.39 is 0 Å². The summed E-state index contributed by atoms with van der Waals surface area (Å²) in [6.45, 7) is 10.3. The number of methoxy groups -OCH3 is 1. The van der Waals surface area contributed by atoms with Crippen molar-refractivity contribution in [3.05, 3.63) is 0 Å². The van der Waals surface area contributed by atoms with Crippen LogP contribution in [-0.2, 0) is 4.74 Å². The van der Waals surface area contributed by atoms with E-state index in [2.05, 4.69) is 24.1 Å². The smallest absolute Gasteiger partial charge is 0.0503 e. The molecule has 1 rings (SSSR count). The zero-order valence-corrected chi connectivity index (χ0v) is 11.9. The normalized spacial score (nSPS) is 23.1. The van der Waals surface area contributed by atoms with Crippen molar-refractivity contribution in [2.45, 2.75) is 45.6 Å². The van der Waals surface area contributed by atoms with Gasteiger partial charge in [-0.2, -0.15) is 0 Å². The molecule has 1 saturated heterocycles. The molecule has 0 aromatic rings. The van der Waals surface area contributed by atoms with E-state index in [-0.39, 0.29) is 0 Å². The number of likely N-dealkylation sites (tertiary alicyclic amines) is 1. The van der Waals surface area contributed by atoms with E-state index in [1.54, 1.807) is 7.11 Å². The van der Waals surface area contributed by atoms with Gasteiger partial charge in [0.15, 0.2) is 0 Å². The van der Waals surface area contributed by atoms with Crippen LogP contribution in [0.3, 0.4) is 0 Å². The molecule has 0 saturated carbocycles. The van der Waals surface area contributed by atoms with Crippen LogP contribution in [0.2, 0.25) is 0 Å². The lowest BCUT2D eigenvalue weighted by Crippen LogP contribution is -2.39. The minimum atomic E-state index is 0.665. The number of hydrogen-bond donors (Lipinski definition) is 1. The highest BCUT2D eigenvalue weighted by Gasteiger charge is 2.25. The lowest BCUT2D eigenvalue weighted by molar-refractivity contribution is 0.148. The third-order valence-electron chi connectivity index (χ3n) is 3.74. The molecule has 3 nitrogen and oxygen atoms in total. The van der Waals surface area contributed by atoms with Gasteiger partial charge in [-0.3, -0.25) is 4.90 Å². The van der Waals surface area contributed by atoms with Crippen LogP contribution in [0.1, 0.15) is 39.5 Å². The summed E-state index contributed by atoms with van der Waals surface area (Å²) < 4.78 is 5.24. The number of rotatable bonds is 9. The fraction of sp³-hybridized carbons (Fsp3) is 1.00. The molecule has 0 aromatic heterocycles. The molecule has 2 atom stereocenters. The van der Waals surface area contributed by atoms with E-state index in [1.807, 2.05) is 0 Å². The maximum Gasteiger partial charge on any atom is 0.0503 e. The van der Waals surface area contributed by atoms with Crippen LogP contribution in [0.25, 0.3) is 0 Å². The summed E-state index contributed by atoms with van der Waals surface area (Å²) >= 11 is 0. The van der Waals surface area contributed by atoms with Crippen molar-refractivity contribution in [3.63, 3.8) is 0 Å². The number of unbranched alkanes of at least 4 members (excludes halogenated alkanes) is 2. The van der Waals surface area contributed by atoms with Crippen molar-refractivity contribution < 1.29 is 4.74 Å². The second-order valence-electron chi connectivity index (χ2n) is 5.37. The molecule has 1 aliphatic rings. The first kappa shape index (κ1) is 14.9. The van der Waals surface area contributed by atoms with Crippen LogP contribution < -0.4 is 5.32 Å². The molecule has 2 unspecified atom stereocenters. The Morgan fingerprint density at radius 2 is 2.24 bits per heavy atom. The number of ether oxygens (including phenoxy) is 1. The molecule has 0 aromatic carbocycles. The van der Waals surface area contributed by atoms with Crippen LogP contribution in [0, 0.1) is 5.92 Å². The summed E-state index contributed by atoms with van der Waals surface area (Å²) in [5.74, 6) is 0.752. The first-order valence-electron chi connectivity index (χ1n) is 7.21. The molecule has 3 heteroatoms. The molecule has 1 N–H and O–H groups in total. The van der Waals surface area contributed by atoms with Crippen molar-refractivity contribution in [1.29, 1.82) is 0 Å². The quantitative estimate of drug-likeness (QED) is 0.627. The van der Waals surface area contributed by atoms with E-state index in [9.17, 15) is 0 Å². The molecule has 1 fully saturated rings. The van der Waals surface area contributed by atoms with Crippen molar-refractivity contribution in [2.24, 2.45) is 5.92 Å². The third-order valence-corrected chi connectivity index (χ3v) is 3.74. The molecule has 0 spiro atoms. The summed E-state index contributed by atoms with van der Waals surface area (Å²) in [5.41, 5.74) is 0. The Morgan fingerprint density at radius 3 is 2.94 bits per heavy atom. The molecular weight excluding hydrogens is 212 g/mol. The highest BCUT2D eigenvalue weighted by atomic mass is 16.5. The monoisotopic (exact) mass is 242 g/mol. The van der Waals surface area contributed by atoms with Crippen molar-refractivity contribution in [3.8, 4) is 0 Å². The third kappa shape index (κ3) is 5.84. The molecule has 0 bridgehead atoms. The predicted octanol–water partition coefficient (Wildman–Crippen LogP) is 2.12. The highest BCUT2D eigenvalue weighted by molar-refractivity contribution is 4.80. The Kier molecular flexibility index (Phi) is 7.82. The fourth-order valence-electron chi connectivity index (χ4n) is 2.57. The molecule has 17 heavy (non-hydrogen) atoms. The average molecular weight is 242 g/mol. The van der Waals surface area contributed by atoms with Gasteiger partial charge in [-0.1, -0.05) is 19.8 Å². The van der Waals surface area contributed by atoms with Crippen molar-refractivity contribution in [2.75, 3.05) is 39.9 Å². The van der Waals surface area contributed by atoms with E-state index in [1.165, 1.54) is 45.3 Å². The van der Waals surface area contributed by atoms with Gasteiger partial charge in [-0.25, -0.2) is 0 Å². The average Bonchev–Trinajstić information content (AvgIpc) is 2.78. The van der Waals surface area contributed by atoms with E-state index >= 15 is 0 Å². The zero-order chi connectivity index (χ0) is 12.5. The first-order chi connectivity index (χ1) is 8.27. The topological polar surface area (TPSA) is 24.5 Å². The molecule has 0 aliphatic carbocycles. The molecule has 102 valence electrons. The molecule has 1 heterocycles. The van der Waals surface area contributed by atoms with Gasteiger partial charge in [-0.15, -0.1) is 0 Å². The van der Waals surface area contributed by atoms with Crippen LogP contribution in [0.15, 0.2) is 0 Å². The Balaban J connectivity index is 2.05. The summed E-state index contributed by atoms with van der Waals surface area (Å²) in [4.78, 5) is 2.59. The summed E-state index contributed by atoms with van der Waals surface area (Å²) in [5, 5.41) is 3.57. The minimum Gasteiger partial charge on any atom is -0.384 e. The van der Waals surface area contributed by atoms with Crippen LogP contribution in [0.4, 0.5) is 0 Å². The van der Waals surface area contributed by atoms with Crippen molar-refractivity contribution in [1.82, 2.24) is 10.2 Å². The SMILES string of the molecule is CCCCCNCC(C)N1CCC(COC)C1. The summed E-state index contributed by atoms with van der Waals surface area (Å²) in [7, 11) is 1.81. The van der Waals surface area contributed by atoms with Crippen LogP contribution in [-0.4, -0.2) is 50.8 Å². The maximum atomic E-state index is 5.24. The zero-order valence-electron chi connectivity index (χ0n) is 11.9. The molecular formula is C14H30N2O. The second-order valence-corrected chi connectivity index (χ2v) is 5.37. The van der Waals surface area contributed by atoms with Crippen LogP contribution in [0.5, 0.6) is 0 Å². The van der Waals surface area contributed by atoms with Gasteiger partial charge in [0.1, 0.15) is 0 Å². The number of hydrogen-bond acceptors (Lipinski definition) is 3. The summed E-state index contributed by atoms with van der Waals surface area (Å²) in [6, 6.07) is 0.665. The van der Waals surface area contributed by atoms with Crippen molar-refractivity contribution >= 4 is 0 Å². The van der Waals surface area contributed by atoms with Gasteiger partial charge in [-0.05, 0) is 38.8 Å². The maximum absolute atomic E-state index is 5.24. The van der Waals surface area contributed by atoms with E-state index in [0.717, 1.165) is 19.1 Å². The lowest BCUT2D eigenvalue weighted by atomic mass is 10.1. The second kappa shape index (κ2) is 8.90. The molecule has 0 radical (unpaired) electrons. The van der Waals surface area contributed by atoms with Crippen LogP contribution >= 0.6 is 0 Å². The van der Waals surface area contributed by atoms with Gasteiger partial charge in [0.2, 0.25) is 0 Å². The number of nitrogens with one attached hydrogen (secondary N) is 1. The minimum absolute atomic E-state index is 0.665. The highest BCUT2D eigenvalue weighted by Crippen LogP contribution is 2.18. The van der Waals surface area contributed by atoms with Gasteiger partial charge < -0.3 is 10.1 Å². The fourth-order valence-corrected chi connectivity index (χ4v) is 2.57. The first-order valence-corrected chi connectivity index (χ1v) is 7.21. The predicted molar refractivity (Wildman–Crippen MR) is 73.4 cm³/mol. The molecule has 1 aliphatic heterocycles. The number of nitrogens with zero attached hydrogens (tertiary/aromatic N) is 1. The Bertz CT molecular complexity index is 187. The summed E-state index contributed by atoms with van der Waals surface area (Å²) in [6.07, 6.45) is 5.27. The van der Waals surface area contributed by atoms with Gasteiger partial charge in [0.25, 0.3) is 0 Å². The van der Waals surface area contributed by atoms with E-state index in [0.29, 0.717) is 6.04 Å². The Morgan fingerprint density at radius 1 is 1.41 bits per heavy atom. The Labute approximate surface area is 107 Å². The van der Waals surface area contributed by atoms with Gasteiger partial charge >= 0.3 is 0 Å². The Hall–Kier alpha value is -0.120. The largest absolute Gasteiger partial charge is 0.384 e.